The first kappa shape index (κ1) is 13.6. The van der Waals surface area contributed by atoms with Crippen molar-refractivity contribution in [2.24, 2.45) is 7.05 Å². The van der Waals surface area contributed by atoms with Gasteiger partial charge in [-0.2, -0.15) is 5.10 Å². The van der Waals surface area contributed by atoms with Crippen molar-refractivity contribution >= 4 is 16.6 Å². The van der Waals surface area contributed by atoms with E-state index < -0.39 is 0 Å². The van der Waals surface area contributed by atoms with Gasteiger partial charge in [0.2, 0.25) is 0 Å². The average molecular weight is 281 g/mol. The van der Waals surface area contributed by atoms with Gasteiger partial charge in [-0.1, -0.05) is 30.3 Å². The standard InChI is InChI=1S/C17H19N3O/c1-20-17-9-4-3-8-15(17)16(19-20)11-18-14-7-5-6-13(10-14)12-21-2/h3-10,18H,11-12H2,1-2H3. The van der Waals surface area contributed by atoms with Gasteiger partial charge in [0.05, 0.1) is 24.4 Å². The number of methoxy groups -OCH3 is 1. The predicted molar refractivity (Wildman–Crippen MR) is 85.2 cm³/mol. The number of fused-ring (bicyclic) bond motifs is 1. The number of nitrogens with one attached hydrogen (secondary N) is 1. The van der Waals surface area contributed by atoms with Gasteiger partial charge in [-0.25, -0.2) is 0 Å². The Morgan fingerprint density at radius 1 is 1.14 bits per heavy atom. The van der Waals surface area contributed by atoms with E-state index in [9.17, 15) is 0 Å². The van der Waals surface area contributed by atoms with Crippen LogP contribution in [0.1, 0.15) is 11.3 Å². The second-order valence-corrected chi connectivity index (χ2v) is 5.07. The van der Waals surface area contributed by atoms with Crippen LogP contribution in [0.5, 0.6) is 0 Å². The Kier molecular flexibility index (Phi) is 3.88. The average Bonchev–Trinajstić information content (AvgIpc) is 2.83. The van der Waals surface area contributed by atoms with Gasteiger partial charge in [0.15, 0.2) is 0 Å². The molecule has 0 atom stereocenters. The summed E-state index contributed by atoms with van der Waals surface area (Å²) in [6.45, 7) is 1.33. The Morgan fingerprint density at radius 3 is 2.86 bits per heavy atom. The summed E-state index contributed by atoms with van der Waals surface area (Å²) in [6, 6.07) is 16.5. The number of rotatable bonds is 5. The van der Waals surface area contributed by atoms with Gasteiger partial charge in [-0.3, -0.25) is 4.68 Å². The molecule has 1 heterocycles. The van der Waals surface area contributed by atoms with Crippen LogP contribution >= 0.6 is 0 Å². The Labute approximate surface area is 124 Å². The lowest BCUT2D eigenvalue weighted by molar-refractivity contribution is 0.185. The summed E-state index contributed by atoms with van der Waals surface area (Å²) in [5.41, 5.74) is 4.46. The minimum atomic E-state index is 0.627. The molecule has 108 valence electrons. The highest BCUT2D eigenvalue weighted by molar-refractivity contribution is 5.82. The second kappa shape index (κ2) is 5.97. The molecule has 0 bridgehead atoms. The summed E-state index contributed by atoms with van der Waals surface area (Å²) in [6.07, 6.45) is 0. The molecule has 0 amide bonds. The van der Waals surface area contributed by atoms with Crippen LogP contribution in [0.3, 0.4) is 0 Å². The molecule has 0 fully saturated rings. The van der Waals surface area contributed by atoms with Gasteiger partial charge in [-0.15, -0.1) is 0 Å². The molecule has 0 aliphatic heterocycles. The smallest absolute Gasteiger partial charge is 0.0894 e. The van der Waals surface area contributed by atoms with Crippen LogP contribution in [-0.2, 0) is 24.9 Å². The van der Waals surface area contributed by atoms with E-state index in [-0.39, 0.29) is 0 Å². The van der Waals surface area contributed by atoms with Crippen molar-refractivity contribution in [3.05, 3.63) is 59.8 Å². The number of ether oxygens (including phenoxy) is 1. The molecular weight excluding hydrogens is 262 g/mol. The first-order valence-corrected chi connectivity index (χ1v) is 7.00. The van der Waals surface area contributed by atoms with Crippen molar-refractivity contribution in [2.45, 2.75) is 13.2 Å². The second-order valence-electron chi connectivity index (χ2n) is 5.07. The molecule has 3 rings (SSSR count). The van der Waals surface area contributed by atoms with Crippen molar-refractivity contribution in [3.63, 3.8) is 0 Å². The minimum absolute atomic E-state index is 0.627. The fourth-order valence-electron chi connectivity index (χ4n) is 2.54. The van der Waals surface area contributed by atoms with E-state index in [1.807, 2.05) is 29.9 Å². The Balaban J connectivity index is 1.79. The summed E-state index contributed by atoms with van der Waals surface area (Å²) in [7, 11) is 3.69. The van der Waals surface area contributed by atoms with Crippen molar-refractivity contribution in [2.75, 3.05) is 12.4 Å². The van der Waals surface area contributed by atoms with Crippen LogP contribution < -0.4 is 5.32 Å². The Hall–Kier alpha value is -2.33. The largest absolute Gasteiger partial charge is 0.380 e. The molecule has 0 radical (unpaired) electrons. The summed E-state index contributed by atoms with van der Waals surface area (Å²) in [4.78, 5) is 0. The monoisotopic (exact) mass is 281 g/mol. The highest BCUT2D eigenvalue weighted by Crippen LogP contribution is 2.19. The highest BCUT2D eigenvalue weighted by Gasteiger charge is 2.07. The van der Waals surface area contributed by atoms with E-state index in [2.05, 4.69) is 40.7 Å². The maximum absolute atomic E-state index is 5.16. The van der Waals surface area contributed by atoms with Crippen LogP contribution in [0.2, 0.25) is 0 Å². The molecule has 4 nitrogen and oxygen atoms in total. The summed E-state index contributed by atoms with van der Waals surface area (Å²) >= 11 is 0. The SMILES string of the molecule is COCc1cccc(NCc2nn(C)c3ccccc23)c1. The number of benzene rings is 2. The number of hydrogen-bond acceptors (Lipinski definition) is 3. The first-order valence-electron chi connectivity index (χ1n) is 7.00. The van der Waals surface area contributed by atoms with Crippen LogP contribution in [0.4, 0.5) is 5.69 Å². The quantitative estimate of drug-likeness (QED) is 0.779. The molecule has 1 N–H and O–H groups in total. The number of para-hydroxylation sites is 1. The van der Waals surface area contributed by atoms with E-state index >= 15 is 0 Å². The van der Waals surface area contributed by atoms with E-state index in [1.54, 1.807) is 7.11 Å². The number of hydrogen-bond donors (Lipinski definition) is 1. The van der Waals surface area contributed by atoms with Crippen LogP contribution in [0.25, 0.3) is 10.9 Å². The third-order valence-corrected chi connectivity index (χ3v) is 3.53. The lowest BCUT2D eigenvalue weighted by atomic mass is 10.2. The van der Waals surface area contributed by atoms with Crippen LogP contribution in [-0.4, -0.2) is 16.9 Å². The number of nitrogens with zero attached hydrogens (tertiary/aromatic N) is 2. The molecular formula is C17H19N3O. The maximum Gasteiger partial charge on any atom is 0.0894 e. The normalized spacial score (nSPS) is 11.0. The van der Waals surface area contributed by atoms with Crippen molar-refractivity contribution in [1.82, 2.24) is 9.78 Å². The van der Waals surface area contributed by atoms with Crippen molar-refractivity contribution in [1.29, 1.82) is 0 Å². The van der Waals surface area contributed by atoms with E-state index in [0.717, 1.165) is 22.5 Å². The molecule has 21 heavy (non-hydrogen) atoms. The zero-order valence-corrected chi connectivity index (χ0v) is 12.3. The molecule has 0 saturated heterocycles. The zero-order chi connectivity index (χ0) is 14.7. The van der Waals surface area contributed by atoms with E-state index in [0.29, 0.717) is 13.2 Å². The Morgan fingerprint density at radius 2 is 2.00 bits per heavy atom. The third kappa shape index (κ3) is 2.90. The highest BCUT2D eigenvalue weighted by atomic mass is 16.5. The number of aryl methyl sites for hydroxylation is 1. The molecule has 0 spiro atoms. The van der Waals surface area contributed by atoms with Gasteiger partial charge in [0.25, 0.3) is 0 Å². The molecule has 3 aromatic rings. The third-order valence-electron chi connectivity index (χ3n) is 3.53. The molecule has 0 unspecified atom stereocenters. The summed E-state index contributed by atoms with van der Waals surface area (Å²) < 4.78 is 7.09. The molecule has 0 aliphatic carbocycles. The minimum Gasteiger partial charge on any atom is -0.380 e. The van der Waals surface area contributed by atoms with Gasteiger partial charge in [-0.05, 0) is 23.8 Å². The topological polar surface area (TPSA) is 39.1 Å². The fraction of sp³-hybridized carbons (Fsp3) is 0.235. The first-order chi connectivity index (χ1) is 10.3. The molecule has 4 heteroatoms. The Bertz CT molecular complexity index is 749. The van der Waals surface area contributed by atoms with Crippen molar-refractivity contribution in [3.8, 4) is 0 Å². The van der Waals surface area contributed by atoms with Gasteiger partial charge in [0, 0.05) is 25.2 Å². The van der Waals surface area contributed by atoms with E-state index in [4.69, 9.17) is 4.74 Å². The lowest BCUT2D eigenvalue weighted by Crippen LogP contribution is -2.02. The molecule has 1 aromatic heterocycles. The van der Waals surface area contributed by atoms with Gasteiger partial charge < -0.3 is 10.1 Å². The summed E-state index contributed by atoms with van der Waals surface area (Å²) in [5.74, 6) is 0. The zero-order valence-electron chi connectivity index (χ0n) is 12.3. The van der Waals surface area contributed by atoms with Crippen LogP contribution in [0.15, 0.2) is 48.5 Å². The molecule has 0 aliphatic rings. The number of aromatic nitrogens is 2. The summed E-state index contributed by atoms with van der Waals surface area (Å²) in [5, 5.41) is 9.22. The fourth-order valence-corrected chi connectivity index (χ4v) is 2.54. The van der Waals surface area contributed by atoms with Crippen molar-refractivity contribution < 1.29 is 4.74 Å². The molecule has 2 aromatic carbocycles. The predicted octanol–water partition coefficient (Wildman–Crippen LogP) is 3.33. The molecule has 0 saturated carbocycles. The maximum atomic E-state index is 5.16. The van der Waals surface area contributed by atoms with Gasteiger partial charge >= 0.3 is 0 Å². The number of anilines is 1. The van der Waals surface area contributed by atoms with Gasteiger partial charge in [0.1, 0.15) is 0 Å². The lowest BCUT2D eigenvalue weighted by Gasteiger charge is -2.07. The van der Waals surface area contributed by atoms with E-state index in [1.165, 1.54) is 5.39 Å². The van der Waals surface area contributed by atoms with Crippen LogP contribution in [0, 0.1) is 0 Å².